The molecule has 0 aliphatic heterocycles. The third-order valence-corrected chi connectivity index (χ3v) is 5.16. The monoisotopic (exact) mass is 389 g/mol. The van der Waals surface area contributed by atoms with E-state index in [1.54, 1.807) is 25.1 Å². The van der Waals surface area contributed by atoms with Gasteiger partial charge in [0.15, 0.2) is 0 Å². The van der Waals surface area contributed by atoms with Crippen LogP contribution in [0.4, 0.5) is 4.79 Å². The first-order chi connectivity index (χ1) is 10.9. The van der Waals surface area contributed by atoms with Crippen molar-refractivity contribution in [3.05, 3.63) is 30.3 Å². The number of nitrogens with one attached hydrogen (secondary N) is 2. The van der Waals surface area contributed by atoms with Gasteiger partial charge in [0.25, 0.3) is 0 Å². The van der Waals surface area contributed by atoms with Gasteiger partial charge in [-0.1, -0.05) is 0 Å². The number of carbonyl (C=O) groups is 2. The zero-order valence-corrected chi connectivity index (χ0v) is 14.9. The van der Waals surface area contributed by atoms with Gasteiger partial charge in [0.1, 0.15) is 0 Å². The normalized spacial score (nSPS) is 12.7. The van der Waals surface area contributed by atoms with Gasteiger partial charge in [0.2, 0.25) is 0 Å². The smallest absolute Gasteiger partial charge is 0.337 e. The molecule has 1 atom stereocenters. The van der Waals surface area contributed by atoms with Gasteiger partial charge in [0.05, 0.1) is 0 Å². The summed E-state index contributed by atoms with van der Waals surface area (Å²) < 4.78 is 20.5. The number of carbonyl (C=O) groups excluding carboxylic acids is 2. The first-order valence-electron chi connectivity index (χ1n) is 6.60. The summed E-state index contributed by atoms with van der Waals surface area (Å²) in [7, 11) is 0. The topological polar surface area (TPSA) is 126 Å². The van der Waals surface area contributed by atoms with Crippen LogP contribution in [-0.4, -0.2) is 44.1 Å². The van der Waals surface area contributed by atoms with Crippen molar-refractivity contribution >= 4 is 36.7 Å². The second-order valence-corrected chi connectivity index (χ2v) is 7.78. The maximum atomic E-state index is 11.8. The van der Waals surface area contributed by atoms with E-state index in [1.807, 2.05) is 12.4 Å². The second kappa shape index (κ2) is 11.6. The molecule has 3 N–H and O–H groups in total. The molecule has 1 rings (SSSR count). The Balaban J connectivity index is 0.000000515. The molecule has 23 heavy (non-hydrogen) atoms. The molecule has 0 aromatic heterocycles. The Morgan fingerprint density at radius 2 is 1.96 bits per heavy atom. The van der Waals surface area contributed by atoms with Crippen molar-refractivity contribution in [3.8, 4) is 0 Å². The van der Waals surface area contributed by atoms with Gasteiger partial charge in [0, 0.05) is 12.8 Å². The molecule has 0 radical (unpaired) electrons. The number of rotatable bonds is 5. The van der Waals surface area contributed by atoms with Gasteiger partial charge in [-0.15, -0.1) is 0 Å². The molecule has 0 heterocycles. The predicted octanol–water partition coefficient (Wildman–Crippen LogP) is 0.627. The Morgan fingerprint density at radius 1 is 1.35 bits per heavy atom. The van der Waals surface area contributed by atoms with Crippen LogP contribution in [0, 0.1) is 0 Å². The summed E-state index contributed by atoms with van der Waals surface area (Å²) in [6, 6.07) is 7.60. The standard InChI is InChI=1S/C8H10AsNO5.C5H10N2O/c1-7(11)10-14-9(12,15-13)8-5-3-2-4-6-8;1-3-6-5(8)7-4-2/h2-6,13H,1H3,(H,10,11);3H,4H2,1-2H3,(H,7,8). The van der Waals surface area contributed by atoms with Crippen molar-refractivity contribution in [2.75, 3.05) is 6.54 Å². The summed E-state index contributed by atoms with van der Waals surface area (Å²) >= 11 is -4.55. The van der Waals surface area contributed by atoms with E-state index in [2.05, 4.69) is 18.0 Å². The fraction of sp³-hybridized carbons (Fsp3) is 0.308. The minimum absolute atomic E-state index is 0.201. The molecule has 0 saturated heterocycles. The first kappa shape index (κ1) is 21.1. The quantitative estimate of drug-likeness (QED) is 0.293. The van der Waals surface area contributed by atoms with Crippen LogP contribution in [0.3, 0.4) is 0 Å². The maximum absolute atomic E-state index is 11.8. The Morgan fingerprint density at radius 3 is 2.39 bits per heavy atom. The molecule has 0 spiro atoms. The average Bonchev–Trinajstić information content (AvgIpc) is 2.54. The summed E-state index contributed by atoms with van der Waals surface area (Å²) in [5.74, 6) is -0.537. The molecule has 128 valence electrons. The number of hydroxylamine groups is 1. The fourth-order valence-electron chi connectivity index (χ4n) is 1.17. The largest absolute Gasteiger partial charge is 0.340 e. The van der Waals surface area contributed by atoms with Crippen molar-refractivity contribution in [2.24, 2.45) is 4.99 Å². The molecule has 0 saturated carbocycles. The van der Waals surface area contributed by atoms with Crippen LogP contribution in [0.2, 0.25) is 0 Å². The number of benzene rings is 1. The summed E-state index contributed by atoms with van der Waals surface area (Å²) in [5, 5.41) is 11.0. The van der Waals surface area contributed by atoms with Crippen LogP contribution >= 0.6 is 0 Å². The van der Waals surface area contributed by atoms with Gasteiger partial charge in [-0.25, -0.2) is 9.79 Å². The summed E-state index contributed by atoms with van der Waals surface area (Å²) in [4.78, 5) is 24.3. The Kier molecular flexibility index (Phi) is 10.6. The van der Waals surface area contributed by atoms with Crippen molar-refractivity contribution in [2.45, 2.75) is 20.8 Å². The number of hydrogen-bond acceptors (Lipinski definition) is 6. The molecule has 0 fully saturated rings. The molecule has 0 aliphatic carbocycles. The third kappa shape index (κ3) is 8.94. The summed E-state index contributed by atoms with van der Waals surface area (Å²) in [5.41, 5.74) is 1.88. The van der Waals surface area contributed by atoms with E-state index in [1.165, 1.54) is 25.3 Å². The van der Waals surface area contributed by atoms with Gasteiger partial charge >= 0.3 is 94.7 Å². The first-order valence-corrected chi connectivity index (χ1v) is 9.83. The van der Waals surface area contributed by atoms with Crippen LogP contribution < -0.4 is 15.1 Å². The molecule has 1 unspecified atom stereocenters. The number of nitrogens with zero attached hydrogens (tertiary/aromatic N) is 1. The van der Waals surface area contributed by atoms with E-state index >= 15 is 0 Å². The molecule has 1 aromatic carbocycles. The predicted molar refractivity (Wildman–Crippen MR) is 84.4 cm³/mol. The summed E-state index contributed by atoms with van der Waals surface area (Å²) in [6.07, 6.45) is 1.46. The van der Waals surface area contributed by atoms with E-state index in [-0.39, 0.29) is 10.4 Å². The third-order valence-electron chi connectivity index (χ3n) is 2.06. The van der Waals surface area contributed by atoms with E-state index in [0.29, 0.717) is 6.54 Å². The average molecular weight is 389 g/mol. The number of amides is 3. The van der Waals surface area contributed by atoms with Crippen molar-refractivity contribution in [3.63, 3.8) is 0 Å². The SMILES string of the molecule is CC(=O)NO[As](=O)(OO)c1ccccc1.CC=NC(=O)NCC. The van der Waals surface area contributed by atoms with Gasteiger partial charge < -0.3 is 5.32 Å². The molecule has 0 bridgehead atoms. The number of aliphatic imine (C=N–C) groups is 1. The second-order valence-electron chi connectivity index (χ2n) is 3.89. The fourth-order valence-corrected chi connectivity index (χ4v) is 3.30. The zero-order valence-electron chi connectivity index (χ0n) is 13.1. The number of urea groups is 1. The Labute approximate surface area is 137 Å². The minimum atomic E-state index is -4.55. The van der Waals surface area contributed by atoms with E-state index in [4.69, 9.17) is 5.26 Å². The van der Waals surface area contributed by atoms with Crippen molar-refractivity contribution in [1.82, 2.24) is 10.8 Å². The minimum Gasteiger partial charge on any atom is -0.337 e. The molecular formula is C13H20AsN3O6. The molecule has 3 amide bonds. The zero-order chi connectivity index (χ0) is 17.7. The van der Waals surface area contributed by atoms with E-state index in [0.717, 1.165) is 0 Å². The molecular weight excluding hydrogens is 369 g/mol. The van der Waals surface area contributed by atoms with Crippen LogP contribution in [0.15, 0.2) is 35.3 Å². The van der Waals surface area contributed by atoms with Crippen LogP contribution in [-0.2, 0) is 16.2 Å². The van der Waals surface area contributed by atoms with E-state index < -0.39 is 20.1 Å². The molecule has 9 nitrogen and oxygen atoms in total. The van der Waals surface area contributed by atoms with Crippen LogP contribution in [0.1, 0.15) is 20.8 Å². The number of hydrogen-bond donors (Lipinski definition) is 3. The van der Waals surface area contributed by atoms with Crippen LogP contribution in [0.25, 0.3) is 0 Å². The molecule has 10 heteroatoms. The Bertz CT molecular complexity index is 564. The molecule has 1 aromatic rings. The molecule has 0 aliphatic rings. The van der Waals surface area contributed by atoms with E-state index in [9.17, 15) is 13.3 Å². The van der Waals surface area contributed by atoms with Gasteiger partial charge in [-0.05, 0) is 13.8 Å². The van der Waals surface area contributed by atoms with Gasteiger partial charge in [-0.2, -0.15) is 0 Å². The van der Waals surface area contributed by atoms with Crippen molar-refractivity contribution < 1.29 is 26.3 Å². The van der Waals surface area contributed by atoms with Crippen molar-refractivity contribution in [1.29, 1.82) is 0 Å². The summed E-state index contributed by atoms with van der Waals surface area (Å²) in [6.45, 7) is 5.37. The maximum Gasteiger partial charge on any atom is 0.340 e. The van der Waals surface area contributed by atoms with Crippen LogP contribution in [0.5, 0.6) is 0 Å². The van der Waals surface area contributed by atoms with Gasteiger partial charge in [-0.3, -0.25) is 0 Å². The Hall–Kier alpha value is -1.93.